The molecule has 81 heavy (non-hydrogen) atoms. The molecule has 0 aromatic heterocycles. The summed E-state index contributed by atoms with van der Waals surface area (Å²) in [5, 5.41) is 23.7. The highest BCUT2D eigenvalue weighted by Gasteiger charge is 2.33. The Hall–Kier alpha value is -9.40. The van der Waals surface area contributed by atoms with Gasteiger partial charge in [-0.15, -0.1) is 5.06 Å². The highest BCUT2D eigenvalue weighted by molar-refractivity contribution is 6.02. The van der Waals surface area contributed by atoms with Gasteiger partial charge in [0.05, 0.1) is 30.9 Å². The lowest BCUT2D eigenvalue weighted by atomic mass is 10.2. The monoisotopic (exact) mass is 1110 g/mol. The average Bonchev–Trinajstić information content (AvgIpc) is 3.82. The van der Waals surface area contributed by atoms with Crippen LogP contribution in [0.2, 0.25) is 0 Å². The molecule has 426 valence electrons. The van der Waals surface area contributed by atoms with Gasteiger partial charge in [-0.25, -0.2) is 9.59 Å². The maximum Gasteiger partial charge on any atom is 0.363 e. The molecule has 8 rings (SSSR count). The molecule has 0 aliphatic carbocycles. The lowest BCUT2D eigenvalue weighted by molar-refractivity contribution is -0.172. The SMILES string of the molecule is COCCN.COCCNC(=O)c1ccc(O)cc1.COCCNC(=O)c1ccc(OCc2ccccc2)cc1.O=C(O)c1ccc(OCc2ccccc2)cc1.O=C(ON1C(=O)CCC1=O)c1ccc(OCc2ccccc2)cc1. The second kappa shape index (κ2) is 37.4. The average molecular weight is 1110 g/mol. The first-order valence-electron chi connectivity index (χ1n) is 25.5. The first kappa shape index (κ1) is 64.1. The Bertz CT molecular complexity index is 2910. The molecule has 1 aliphatic heterocycles. The molecule has 0 saturated carbocycles. The summed E-state index contributed by atoms with van der Waals surface area (Å²) in [6.45, 7) is 4.68. The molecule has 0 bridgehead atoms. The zero-order valence-corrected chi connectivity index (χ0v) is 45.4. The number of carboxylic acids is 1. The maximum absolute atomic E-state index is 12.0. The predicted molar refractivity (Wildman–Crippen MR) is 303 cm³/mol. The van der Waals surface area contributed by atoms with Crippen LogP contribution in [0.15, 0.2) is 188 Å². The number of carbonyl (C=O) groups excluding carboxylic acids is 5. The molecule has 7 aromatic rings. The van der Waals surface area contributed by atoms with Crippen LogP contribution in [-0.2, 0) is 48.5 Å². The van der Waals surface area contributed by atoms with Gasteiger partial charge in [-0.2, -0.15) is 0 Å². The van der Waals surface area contributed by atoms with Crippen LogP contribution in [0.5, 0.6) is 23.0 Å². The van der Waals surface area contributed by atoms with E-state index in [-0.39, 0.29) is 41.5 Å². The summed E-state index contributed by atoms with van der Waals surface area (Å²) >= 11 is 0. The highest BCUT2D eigenvalue weighted by atomic mass is 16.7. The van der Waals surface area contributed by atoms with E-state index in [2.05, 4.69) is 15.4 Å². The van der Waals surface area contributed by atoms with Gasteiger partial charge in [0.15, 0.2) is 0 Å². The highest BCUT2D eigenvalue weighted by Crippen LogP contribution is 2.19. The quantitative estimate of drug-likeness (QED) is 0.0315. The number of aromatic hydroxyl groups is 1. The molecule has 1 saturated heterocycles. The minimum atomic E-state index is -0.931. The topological polar surface area (TPSA) is 261 Å². The number of methoxy groups -OCH3 is 3. The second-order valence-corrected chi connectivity index (χ2v) is 17.0. The number of imide groups is 1. The summed E-state index contributed by atoms with van der Waals surface area (Å²) in [4.78, 5) is 73.5. The molecule has 19 nitrogen and oxygen atoms in total. The van der Waals surface area contributed by atoms with Crippen molar-refractivity contribution in [1.29, 1.82) is 0 Å². The Morgan fingerprint density at radius 1 is 0.469 bits per heavy atom. The molecule has 0 atom stereocenters. The van der Waals surface area contributed by atoms with Crippen LogP contribution in [0, 0.1) is 0 Å². The molecule has 1 aliphatic rings. The number of hydrogen-bond acceptors (Lipinski definition) is 15. The number of phenols is 1. The van der Waals surface area contributed by atoms with Crippen molar-refractivity contribution in [2.24, 2.45) is 5.73 Å². The fourth-order valence-electron chi connectivity index (χ4n) is 6.57. The third kappa shape index (κ3) is 25.3. The Morgan fingerprint density at radius 3 is 1.12 bits per heavy atom. The van der Waals surface area contributed by atoms with E-state index in [4.69, 9.17) is 44.5 Å². The minimum absolute atomic E-state index is 0.0678. The van der Waals surface area contributed by atoms with Gasteiger partial charge in [-0.05, 0) is 114 Å². The van der Waals surface area contributed by atoms with E-state index in [1.807, 2.05) is 91.0 Å². The zero-order chi connectivity index (χ0) is 58.5. The minimum Gasteiger partial charge on any atom is -0.508 e. The maximum atomic E-state index is 12.0. The van der Waals surface area contributed by atoms with Gasteiger partial charge in [0.2, 0.25) is 0 Å². The van der Waals surface area contributed by atoms with Crippen LogP contribution in [0.4, 0.5) is 0 Å². The molecule has 7 aromatic carbocycles. The van der Waals surface area contributed by atoms with E-state index in [0.29, 0.717) is 87.0 Å². The van der Waals surface area contributed by atoms with Crippen molar-refractivity contribution < 1.29 is 72.2 Å². The van der Waals surface area contributed by atoms with E-state index >= 15 is 0 Å². The van der Waals surface area contributed by atoms with E-state index < -0.39 is 23.8 Å². The summed E-state index contributed by atoms with van der Waals surface area (Å²) < 4.78 is 31.1. The van der Waals surface area contributed by atoms with E-state index in [9.17, 15) is 28.8 Å². The summed E-state index contributed by atoms with van der Waals surface area (Å²) in [5.74, 6) is -0.808. The Labute approximate surface area is 471 Å². The standard InChI is InChI=1S/C18H15NO5.C17H19NO3.C14H12O3.C10H13NO3.C3H9NO/c20-16-10-11-17(21)19(16)24-18(22)14-6-8-15(9-7-14)23-12-13-4-2-1-3-5-13;1-20-12-11-18-17(19)15-7-9-16(10-8-15)21-13-14-5-3-2-4-6-14;15-14(16)12-6-8-13(9-7-12)17-10-11-4-2-1-3-5-11;1-14-7-6-11-10(13)8-2-4-9(12)5-3-8;1-5-3-2-4/h1-9H,10-12H2;2-10H,11-13H2,1H3,(H,18,19);1-9H,10H2,(H,15,16);2-5,12H,6-7H2,1H3,(H,11,13);2-4H2,1H3. The van der Waals surface area contributed by atoms with Gasteiger partial charge in [0.25, 0.3) is 23.6 Å². The normalized spacial score (nSPS) is 11.0. The number of rotatable bonds is 22. The molecule has 1 heterocycles. The Kier molecular flexibility index (Phi) is 29.6. The summed E-state index contributed by atoms with van der Waals surface area (Å²) in [7, 11) is 4.81. The molecule has 6 N–H and O–H groups in total. The van der Waals surface area contributed by atoms with Crippen LogP contribution in [0.1, 0.15) is 71.0 Å². The van der Waals surface area contributed by atoms with Gasteiger partial charge in [-0.3, -0.25) is 19.2 Å². The van der Waals surface area contributed by atoms with Crippen molar-refractivity contribution in [2.45, 2.75) is 32.7 Å². The van der Waals surface area contributed by atoms with Crippen LogP contribution in [0.3, 0.4) is 0 Å². The number of phenolic OH excluding ortho intramolecular Hbond substituents is 1. The largest absolute Gasteiger partial charge is 0.508 e. The third-order valence-corrected chi connectivity index (χ3v) is 10.9. The first-order valence-corrected chi connectivity index (χ1v) is 25.5. The number of ether oxygens (including phenoxy) is 6. The molecule has 0 spiro atoms. The van der Waals surface area contributed by atoms with E-state index in [1.54, 1.807) is 82.0 Å². The van der Waals surface area contributed by atoms with Crippen LogP contribution in [-0.4, -0.2) is 112 Å². The number of amides is 4. The number of benzene rings is 7. The van der Waals surface area contributed by atoms with Gasteiger partial charge in [-0.1, -0.05) is 91.0 Å². The van der Waals surface area contributed by atoms with Crippen LogP contribution in [0.25, 0.3) is 0 Å². The molecule has 0 unspecified atom stereocenters. The van der Waals surface area contributed by atoms with Crippen LogP contribution >= 0.6 is 0 Å². The molecular formula is C62H68N4O15. The number of hydrogen-bond donors (Lipinski definition) is 5. The van der Waals surface area contributed by atoms with Crippen molar-refractivity contribution in [1.82, 2.24) is 15.7 Å². The van der Waals surface area contributed by atoms with Crippen molar-refractivity contribution >= 4 is 35.6 Å². The predicted octanol–water partition coefficient (Wildman–Crippen LogP) is 8.45. The van der Waals surface area contributed by atoms with Gasteiger partial charge < -0.3 is 59.8 Å². The van der Waals surface area contributed by atoms with Crippen molar-refractivity contribution in [3.8, 4) is 23.0 Å². The Balaban J connectivity index is 0.000000229. The third-order valence-electron chi connectivity index (χ3n) is 10.9. The van der Waals surface area contributed by atoms with Gasteiger partial charge in [0.1, 0.15) is 42.8 Å². The lowest BCUT2D eigenvalue weighted by Gasteiger charge is -2.12. The summed E-state index contributed by atoms with van der Waals surface area (Å²) in [6, 6.07) is 55.3. The number of aromatic carboxylic acids is 1. The number of nitrogens with one attached hydrogen (secondary N) is 2. The first-order chi connectivity index (χ1) is 39.3. The number of carboxylic acid groups (broad SMARTS) is 1. The molecule has 0 radical (unpaired) electrons. The van der Waals surface area contributed by atoms with Crippen molar-refractivity contribution in [2.75, 3.05) is 60.8 Å². The molecule has 4 amide bonds. The number of hydroxylamine groups is 2. The number of nitrogens with zero attached hydrogens (tertiary/aromatic N) is 1. The van der Waals surface area contributed by atoms with Crippen molar-refractivity contribution in [3.05, 3.63) is 227 Å². The lowest BCUT2D eigenvalue weighted by Crippen LogP contribution is -2.32. The fourth-order valence-corrected chi connectivity index (χ4v) is 6.57. The smallest absolute Gasteiger partial charge is 0.363 e. The zero-order valence-electron chi connectivity index (χ0n) is 45.4. The second-order valence-electron chi connectivity index (χ2n) is 17.0. The van der Waals surface area contributed by atoms with Crippen molar-refractivity contribution in [3.63, 3.8) is 0 Å². The Morgan fingerprint density at radius 2 is 0.802 bits per heavy atom. The number of nitrogens with two attached hydrogens (primary N) is 1. The fraction of sp³-hybridized carbons (Fsp3) is 0.226. The van der Waals surface area contributed by atoms with Gasteiger partial charge >= 0.3 is 11.9 Å². The van der Waals surface area contributed by atoms with Gasteiger partial charge in [0, 0.05) is 64.9 Å². The van der Waals surface area contributed by atoms with Crippen LogP contribution < -0.4 is 30.6 Å². The van der Waals surface area contributed by atoms with E-state index in [0.717, 1.165) is 22.4 Å². The van der Waals surface area contributed by atoms with E-state index in [1.165, 1.54) is 36.4 Å². The molecular weight excluding hydrogens is 1040 g/mol. The number of carbonyl (C=O) groups is 6. The summed E-state index contributed by atoms with van der Waals surface area (Å²) in [6.07, 6.45) is 0.136. The molecule has 19 heteroatoms. The molecule has 1 fully saturated rings. The summed E-state index contributed by atoms with van der Waals surface area (Å²) in [5.41, 5.74) is 9.87.